The standard InChI is InChI=1S/C14H22N2O2/c1-10-5-6-12(7-13(10)18-4)8-14(17)16-9-11(2)15-3/h5-7,11,15H,8-9H2,1-4H3,(H,16,17). The molecule has 0 aliphatic rings. The van der Waals surface area contributed by atoms with E-state index in [-0.39, 0.29) is 11.9 Å². The number of nitrogens with one attached hydrogen (secondary N) is 2. The van der Waals surface area contributed by atoms with Gasteiger partial charge in [0.2, 0.25) is 5.91 Å². The topological polar surface area (TPSA) is 50.4 Å². The number of carbonyl (C=O) groups is 1. The van der Waals surface area contributed by atoms with E-state index in [0.29, 0.717) is 13.0 Å². The molecule has 1 aromatic carbocycles. The number of likely N-dealkylation sites (N-methyl/N-ethyl adjacent to an activating group) is 1. The molecule has 0 aromatic heterocycles. The van der Waals surface area contributed by atoms with Gasteiger partial charge >= 0.3 is 0 Å². The zero-order valence-electron chi connectivity index (χ0n) is 11.5. The molecule has 0 aliphatic carbocycles. The van der Waals surface area contributed by atoms with Crippen LogP contribution in [-0.4, -0.2) is 32.7 Å². The number of rotatable bonds is 6. The van der Waals surface area contributed by atoms with Crippen LogP contribution < -0.4 is 15.4 Å². The van der Waals surface area contributed by atoms with Crippen LogP contribution in [-0.2, 0) is 11.2 Å². The van der Waals surface area contributed by atoms with Crippen molar-refractivity contribution in [3.8, 4) is 5.75 Å². The van der Waals surface area contributed by atoms with E-state index in [2.05, 4.69) is 10.6 Å². The summed E-state index contributed by atoms with van der Waals surface area (Å²) in [6.45, 7) is 4.64. The average molecular weight is 250 g/mol. The van der Waals surface area contributed by atoms with Crippen LogP contribution in [0.2, 0.25) is 0 Å². The SMILES string of the molecule is CNC(C)CNC(=O)Cc1ccc(C)c(OC)c1. The van der Waals surface area contributed by atoms with Gasteiger partial charge in [-0.15, -0.1) is 0 Å². The molecule has 4 nitrogen and oxygen atoms in total. The Morgan fingerprint density at radius 3 is 2.78 bits per heavy atom. The van der Waals surface area contributed by atoms with Crippen molar-refractivity contribution < 1.29 is 9.53 Å². The van der Waals surface area contributed by atoms with Gasteiger partial charge in [0.05, 0.1) is 13.5 Å². The Morgan fingerprint density at radius 2 is 2.17 bits per heavy atom. The molecule has 1 rings (SSSR count). The highest BCUT2D eigenvalue weighted by Gasteiger charge is 2.07. The van der Waals surface area contributed by atoms with E-state index in [9.17, 15) is 4.79 Å². The van der Waals surface area contributed by atoms with E-state index in [1.807, 2.05) is 39.1 Å². The highest BCUT2D eigenvalue weighted by molar-refractivity contribution is 5.78. The first-order valence-electron chi connectivity index (χ1n) is 6.14. The number of ether oxygens (including phenoxy) is 1. The van der Waals surface area contributed by atoms with Gasteiger partial charge in [-0.1, -0.05) is 12.1 Å². The first kappa shape index (κ1) is 14.5. The monoisotopic (exact) mass is 250 g/mol. The fraction of sp³-hybridized carbons (Fsp3) is 0.500. The van der Waals surface area contributed by atoms with Gasteiger partial charge in [-0.05, 0) is 38.1 Å². The van der Waals surface area contributed by atoms with Crippen molar-refractivity contribution in [3.63, 3.8) is 0 Å². The minimum Gasteiger partial charge on any atom is -0.496 e. The molecule has 1 atom stereocenters. The fourth-order valence-electron chi connectivity index (χ4n) is 1.59. The summed E-state index contributed by atoms with van der Waals surface area (Å²) in [5.74, 6) is 0.854. The largest absolute Gasteiger partial charge is 0.496 e. The van der Waals surface area contributed by atoms with E-state index in [1.54, 1.807) is 7.11 Å². The Labute approximate surface area is 109 Å². The summed E-state index contributed by atoms with van der Waals surface area (Å²) < 4.78 is 5.24. The Kier molecular flexibility index (Phi) is 5.65. The van der Waals surface area contributed by atoms with Crippen LogP contribution in [0.5, 0.6) is 5.75 Å². The summed E-state index contributed by atoms with van der Waals surface area (Å²) in [6.07, 6.45) is 0.382. The molecule has 0 spiro atoms. The van der Waals surface area contributed by atoms with E-state index < -0.39 is 0 Å². The Morgan fingerprint density at radius 1 is 1.44 bits per heavy atom. The van der Waals surface area contributed by atoms with Crippen LogP contribution in [0.3, 0.4) is 0 Å². The third kappa shape index (κ3) is 4.37. The van der Waals surface area contributed by atoms with Gasteiger partial charge in [-0.3, -0.25) is 4.79 Å². The van der Waals surface area contributed by atoms with Gasteiger partial charge in [-0.2, -0.15) is 0 Å². The van der Waals surface area contributed by atoms with Crippen molar-refractivity contribution in [2.75, 3.05) is 20.7 Å². The van der Waals surface area contributed by atoms with Crippen molar-refractivity contribution >= 4 is 5.91 Å². The summed E-state index contributed by atoms with van der Waals surface area (Å²) >= 11 is 0. The minimum absolute atomic E-state index is 0.0306. The van der Waals surface area contributed by atoms with Crippen molar-refractivity contribution in [3.05, 3.63) is 29.3 Å². The highest BCUT2D eigenvalue weighted by Crippen LogP contribution is 2.19. The van der Waals surface area contributed by atoms with Crippen LogP contribution in [0.1, 0.15) is 18.1 Å². The van der Waals surface area contributed by atoms with Gasteiger partial charge in [0.15, 0.2) is 0 Å². The van der Waals surface area contributed by atoms with E-state index in [4.69, 9.17) is 4.74 Å². The van der Waals surface area contributed by atoms with Gasteiger partial charge in [0, 0.05) is 12.6 Å². The van der Waals surface area contributed by atoms with Gasteiger partial charge < -0.3 is 15.4 Å². The van der Waals surface area contributed by atoms with E-state index in [0.717, 1.165) is 16.9 Å². The Balaban J connectivity index is 2.54. The molecule has 100 valence electrons. The van der Waals surface area contributed by atoms with E-state index >= 15 is 0 Å². The third-order valence-electron chi connectivity index (χ3n) is 2.94. The second-order valence-corrected chi connectivity index (χ2v) is 4.47. The maximum absolute atomic E-state index is 11.7. The fourth-order valence-corrected chi connectivity index (χ4v) is 1.59. The van der Waals surface area contributed by atoms with Crippen molar-refractivity contribution in [1.29, 1.82) is 0 Å². The predicted octanol–water partition coefficient (Wildman–Crippen LogP) is 1.27. The van der Waals surface area contributed by atoms with Crippen LogP contribution in [0.15, 0.2) is 18.2 Å². The average Bonchev–Trinajstić information content (AvgIpc) is 2.38. The molecule has 1 amide bonds. The molecule has 0 heterocycles. The summed E-state index contributed by atoms with van der Waals surface area (Å²) in [5, 5.41) is 5.97. The molecule has 0 fully saturated rings. The van der Waals surface area contributed by atoms with Gasteiger partial charge in [-0.25, -0.2) is 0 Å². The lowest BCUT2D eigenvalue weighted by molar-refractivity contribution is -0.120. The van der Waals surface area contributed by atoms with Crippen LogP contribution in [0, 0.1) is 6.92 Å². The normalized spacial score (nSPS) is 12.0. The first-order chi connectivity index (χ1) is 8.56. The second-order valence-electron chi connectivity index (χ2n) is 4.47. The predicted molar refractivity (Wildman–Crippen MR) is 73.0 cm³/mol. The van der Waals surface area contributed by atoms with E-state index in [1.165, 1.54) is 0 Å². The number of hydrogen-bond donors (Lipinski definition) is 2. The Bertz CT molecular complexity index is 405. The Hall–Kier alpha value is -1.55. The lowest BCUT2D eigenvalue weighted by atomic mass is 10.1. The maximum atomic E-state index is 11.7. The van der Waals surface area contributed by atoms with Gasteiger partial charge in [0.1, 0.15) is 5.75 Å². The number of amides is 1. The number of aryl methyl sites for hydroxylation is 1. The lowest BCUT2D eigenvalue weighted by Gasteiger charge is -2.12. The zero-order chi connectivity index (χ0) is 13.5. The molecular formula is C14H22N2O2. The van der Waals surface area contributed by atoms with Crippen molar-refractivity contribution in [2.24, 2.45) is 0 Å². The lowest BCUT2D eigenvalue weighted by Crippen LogP contribution is -2.37. The van der Waals surface area contributed by atoms with Crippen LogP contribution in [0.4, 0.5) is 0 Å². The molecule has 1 aromatic rings. The zero-order valence-corrected chi connectivity index (χ0v) is 11.5. The smallest absolute Gasteiger partial charge is 0.224 e. The second kappa shape index (κ2) is 7.01. The molecule has 4 heteroatoms. The number of carbonyl (C=O) groups excluding carboxylic acids is 1. The summed E-state index contributed by atoms with van der Waals surface area (Å²) in [6, 6.07) is 6.12. The maximum Gasteiger partial charge on any atom is 0.224 e. The quantitative estimate of drug-likeness (QED) is 0.799. The first-order valence-corrected chi connectivity index (χ1v) is 6.14. The molecule has 0 bridgehead atoms. The number of hydrogen-bond acceptors (Lipinski definition) is 3. The third-order valence-corrected chi connectivity index (χ3v) is 2.94. The van der Waals surface area contributed by atoms with Crippen LogP contribution >= 0.6 is 0 Å². The number of methoxy groups -OCH3 is 1. The molecule has 0 saturated heterocycles. The molecular weight excluding hydrogens is 228 g/mol. The highest BCUT2D eigenvalue weighted by atomic mass is 16.5. The molecule has 0 radical (unpaired) electrons. The summed E-state index contributed by atoms with van der Waals surface area (Å²) in [4.78, 5) is 11.7. The molecule has 0 saturated carbocycles. The number of benzene rings is 1. The molecule has 0 aliphatic heterocycles. The van der Waals surface area contributed by atoms with Gasteiger partial charge in [0.25, 0.3) is 0 Å². The summed E-state index contributed by atoms with van der Waals surface area (Å²) in [7, 11) is 3.52. The van der Waals surface area contributed by atoms with Crippen LogP contribution in [0.25, 0.3) is 0 Å². The minimum atomic E-state index is 0.0306. The van der Waals surface area contributed by atoms with Crippen molar-refractivity contribution in [1.82, 2.24) is 10.6 Å². The summed E-state index contributed by atoms with van der Waals surface area (Å²) in [5.41, 5.74) is 2.04. The molecule has 1 unspecified atom stereocenters. The molecule has 2 N–H and O–H groups in total. The molecule has 18 heavy (non-hydrogen) atoms. The van der Waals surface area contributed by atoms with Crippen molar-refractivity contribution in [2.45, 2.75) is 26.3 Å².